The third-order valence-electron chi connectivity index (χ3n) is 6.31. The van der Waals surface area contributed by atoms with E-state index in [0.29, 0.717) is 35.1 Å². The predicted octanol–water partition coefficient (Wildman–Crippen LogP) is 3.53. The van der Waals surface area contributed by atoms with Crippen molar-refractivity contribution < 1.29 is 9.53 Å². The highest BCUT2D eigenvalue weighted by atomic mass is 16.5. The first-order valence-corrected chi connectivity index (χ1v) is 11.4. The quantitative estimate of drug-likeness (QED) is 0.540. The highest BCUT2D eigenvalue weighted by molar-refractivity contribution is 6.06. The zero-order valence-electron chi connectivity index (χ0n) is 19.4. The van der Waals surface area contributed by atoms with Crippen molar-refractivity contribution in [1.82, 2.24) is 14.8 Å². The van der Waals surface area contributed by atoms with Gasteiger partial charge in [0.15, 0.2) is 0 Å². The number of piperazine rings is 1. The van der Waals surface area contributed by atoms with E-state index >= 15 is 0 Å². The lowest BCUT2D eigenvalue weighted by Crippen LogP contribution is -2.44. The number of aromatic nitrogens is 1. The van der Waals surface area contributed by atoms with Gasteiger partial charge >= 0.3 is 0 Å². The second-order valence-electron chi connectivity index (χ2n) is 8.66. The lowest BCUT2D eigenvalue weighted by Gasteiger charge is -2.34. The molecule has 4 rings (SSSR count). The Morgan fingerprint density at radius 3 is 2.76 bits per heavy atom. The van der Waals surface area contributed by atoms with Crippen molar-refractivity contribution in [3.63, 3.8) is 0 Å². The van der Waals surface area contributed by atoms with Crippen LogP contribution >= 0.6 is 0 Å². The molecule has 2 aromatic rings. The Morgan fingerprint density at radius 2 is 2.00 bits per heavy atom. The number of pyridine rings is 1. The van der Waals surface area contributed by atoms with Gasteiger partial charge in [-0.2, -0.15) is 0 Å². The summed E-state index contributed by atoms with van der Waals surface area (Å²) in [5.74, 6) is 0.750. The van der Waals surface area contributed by atoms with Crippen LogP contribution in [0.1, 0.15) is 35.8 Å². The summed E-state index contributed by atoms with van der Waals surface area (Å²) in [6, 6.07) is 11.3. The number of carbonyl (C=O) groups is 1. The Kier molecular flexibility index (Phi) is 6.93. The molecule has 2 aliphatic rings. The molecule has 0 radical (unpaired) electrons. The van der Waals surface area contributed by atoms with Crippen molar-refractivity contribution >= 4 is 29.4 Å². The summed E-state index contributed by atoms with van der Waals surface area (Å²) in [6.07, 6.45) is 2.88. The van der Waals surface area contributed by atoms with Crippen LogP contribution in [0.5, 0.6) is 5.75 Å². The van der Waals surface area contributed by atoms with Gasteiger partial charge in [-0.1, -0.05) is 12.6 Å². The van der Waals surface area contributed by atoms with Crippen LogP contribution in [0.15, 0.2) is 43.0 Å². The van der Waals surface area contributed by atoms with Gasteiger partial charge in [0.25, 0.3) is 5.91 Å². The zero-order chi connectivity index (χ0) is 23.4. The summed E-state index contributed by atoms with van der Waals surface area (Å²) < 4.78 is 6.14. The van der Waals surface area contributed by atoms with E-state index < -0.39 is 0 Å². The molecule has 174 valence electrons. The van der Waals surface area contributed by atoms with E-state index in [1.807, 2.05) is 30.3 Å². The molecular weight excluding hydrogens is 416 g/mol. The number of hydrogen-bond donors (Lipinski definition) is 2. The third kappa shape index (κ3) is 5.17. The summed E-state index contributed by atoms with van der Waals surface area (Å²) in [6.45, 7) is 10.6. The number of amides is 1. The molecule has 1 unspecified atom stereocenters. The van der Waals surface area contributed by atoms with Crippen LogP contribution in [-0.2, 0) is 0 Å². The van der Waals surface area contributed by atoms with Crippen molar-refractivity contribution in [3.8, 4) is 5.75 Å². The van der Waals surface area contributed by atoms with E-state index in [4.69, 9.17) is 10.1 Å². The highest BCUT2D eigenvalue weighted by Crippen LogP contribution is 2.29. The van der Waals surface area contributed by atoms with Gasteiger partial charge in [0.05, 0.1) is 29.9 Å². The van der Waals surface area contributed by atoms with E-state index in [-0.39, 0.29) is 11.9 Å². The summed E-state index contributed by atoms with van der Waals surface area (Å²) in [5, 5.41) is 10.8. The SMILES string of the molecule is C=C1c2cccc(n2)NC(=O)c2ccc(N3CCN(C)CC3)cc2OCCCC(C)N1C=N. The molecule has 8 heteroatoms. The van der Waals surface area contributed by atoms with Gasteiger partial charge in [0, 0.05) is 44.0 Å². The second kappa shape index (κ2) is 10.0. The van der Waals surface area contributed by atoms with Crippen LogP contribution in [0.4, 0.5) is 11.5 Å². The number of likely N-dealkylation sites (N-methyl/N-ethyl adjacent to an activating group) is 1. The normalized spacial score (nSPS) is 20.4. The highest BCUT2D eigenvalue weighted by Gasteiger charge is 2.21. The maximum Gasteiger partial charge on any atom is 0.260 e. The Balaban J connectivity index is 1.65. The minimum absolute atomic E-state index is 0.0673. The van der Waals surface area contributed by atoms with Gasteiger partial charge in [0.1, 0.15) is 11.6 Å². The number of rotatable bonds is 2. The molecular formula is C25H32N6O2. The molecule has 1 aromatic heterocycles. The van der Waals surface area contributed by atoms with E-state index in [1.165, 1.54) is 6.34 Å². The predicted molar refractivity (Wildman–Crippen MR) is 132 cm³/mol. The topological polar surface area (TPSA) is 84.8 Å². The Labute approximate surface area is 195 Å². The fourth-order valence-electron chi connectivity index (χ4n) is 4.23. The van der Waals surface area contributed by atoms with Crippen molar-refractivity contribution in [1.29, 1.82) is 5.41 Å². The molecule has 2 aliphatic heterocycles. The Bertz CT molecular complexity index is 1030. The lowest BCUT2D eigenvalue weighted by molar-refractivity contribution is 0.102. The summed E-state index contributed by atoms with van der Waals surface area (Å²) in [4.78, 5) is 24.2. The molecule has 2 bridgehead atoms. The molecule has 1 saturated heterocycles. The van der Waals surface area contributed by atoms with E-state index in [1.54, 1.807) is 11.0 Å². The average Bonchev–Trinajstić information content (AvgIpc) is 2.82. The molecule has 0 spiro atoms. The molecule has 1 fully saturated rings. The molecule has 8 nitrogen and oxygen atoms in total. The molecule has 0 aliphatic carbocycles. The summed E-state index contributed by atoms with van der Waals surface area (Å²) in [5.41, 5.74) is 2.81. The number of benzene rings is 1. The van der Waals surface area contributed by atoms with Crippen molar-refractivity contribution in [2.24, 2.45) is 0 Å². The zero-order valence-corrected chi connectivity index (χ0v) is 19.4. The van der Waals surface area contributed by atoms with Crippen LogP contribution in [0.2, 0.25) is 0 Å². The molecule has 3 heterocycles. The Morgan fingerprint density at radius 1 is 1.21 bits per heavy atom. The van der Waals surface area contributed by atoms with Crippen LogP contribution in [0, 0.1) is 5.41 Å². The van der Waals surface area contributed by atoms with Crippen LogP contribution < -0.4 is 15.0 Å². The van der Waals surface area contributed by atoms with Gasteiger partial charge in [0.2, 0.25) is 0 Å². The fraction of sp³-hybridized carbons (Fsp3) is 0.400. The number of carbonyl (C=O) groups excluding carboxylic acids is 1. The van der Waals surface area contributed by atoms with E-state index in [0.717, 1.165) is 44.7 Å². The molecule has 1 amide bonds. The minimum atomic E-state index is -0.264. The van der Waals surface area contributed by atoms with Gasteiger partial charge < -0.3 is 24.8 Å². The van der Waals surface area contributed by atoms with Gasteiger partial charge in [-0.05, 0) is 51.1 Å². The first-order chi connectivity index (χ1) is 16.0. The standard InChI is InChI=1S/C25H32N6O2/c1-18-6-5-15-33-23-16-20(30-13-11-29(3)12-14-30)9-10-21(23)25(32)28-24-8-4-7-22(27-24)19(2)31(18)17-26/h4,7-10,16-18,26H,2,5-6,11-15H2,1,3H3,(H,27,28,32). The first kappa shape index (κ1) is 22.8. The molecule has 1 atom stereocenters. The summed E-state index contributed by atoms with van der Waals surface area (Å²) in [7, 11) is 2.13. The molecule has 1 aromatic carbocycles. The number of hydrogen-bond acceptors (Lipinski definition) is 6. The largest absolute Gasteiger partial charge is 0.493 e. The molecule has 2 N–H and O–H groups in total. The van der Waals surface area contributed by atoms with Crippen LogP contribution in [0.3, 0.4) is 0 Å². The fourth-order valence-corrected chi connectivity index (χ4v) is 4.23. The monoisotopic (exact) mass is 448 g/mol. The number of anilines is 2. The molecule has 33 heavy (non-hydrogen) atoms. The van der Waals surface area contributed by atoms with Crippen molar-refractivity contribution in [2.75, 3.05) is 50.1 Å². The second-order valence-corrected chi connectivity index (χ2v) is 8.66. The number of nitrogens with zero attached hydrogens (tertiary/aromatic N) is 4. The van der Waals surface area contributed by atoms with Gasteiger partial charge in [-0.15, -0.1) is 0 Å². The van der Waals surface area contributed by atoms with Crippen LogP contribution in [0.25, 0.3) is 5.70 Å². The van der Waals surface area contributed by atoms with Crippen LogP contribution in [-0.4, -0.2) is 72.9 Å². The lowest BCUT2D eigenvalue weighted by atomic mass is 10.1. The number of ether oxygens (including phenoxy) is 1. The minimum Gasteiger partial charge on any atom is -0.493 e. The van der Waals surface area contributed by atoms with Gasteiger partial charge in [-0.3, -0.25) is 10.2 Å². The summed E-state index contributed by atoms with van der Waals surface area (Å²) >= 11 is 0. The maximum absolute atomic E-state index is 13.1. The first-order valence-electron chi connectivity index (χ1n) is 11.4. The van der Waals surface area contributed by atoms with Crippen molar-refractivity contribution in [2.45, 2.75) is 25.8 Å². The maximum atomic E-state index is 13.1. The third-order valence-corrected chi connectivity index (χ3v) is 6.31. The smallest absolute Gasteiger partial charge is 0.260 e. The number of fused-ring (bicyclic) bond motifs is 3. The molecule has 0 saturated carbocycles. The van der Waals surface area contributed by atoms with Crippen molar-refractivity contribution in [3.05, 3.63) is 54.2 Å². The van der Waals surface area contributed by atoms with Gasteiger partial charge in [-0.25, -0.2) is 4.98 Å². The number of nitrogens with one attached hydrogen (secondary N) is 2. The average molecular weight is 449 g/mol. The van der Waals surface area contributed by atoms with E-state index in [9.17, 15) is 4.79 Å². The van der Waals surface area contributed by atoms with E-state index in [2.05, 4.69) is 40.7 Å². The Hall–Kier alpha value is -3.39.